The first-order chi connectivity index (χ1) is 9.76. The van der Waals surface area contributed by atoms with Gasteiger partial charge in [-0.05, 0) is 25.2 Å². The van der Waals surface area contributed by atoms with Crippen LogP contribution in [0.5, 0.6) is 0 Å². The number of urea groups is 1. The monoisotopic (exact) mass is 299 g/mol. The van der Waals surface area contributed by atoms with Gasteiger partial charge in [-0.25, -0.2) is 9.59 Å². The largest absolute Gasteiger partial charge is 0.479 e. The van der Waals surface area contributed by atoms with Crippen molar-refractivity contribution in [1.29, 1.82) is 0 Å². The number of hydrogen-bond donors (Lipinski definition) is 3. The number of carboxylic acids is 1. The summed E-state index contributed by atoms with van der Waals surface area (Å²) in [7, 11) is 0. The van der Waals surface area contributed by atoms with Gasteiger partial charge in [0.2, 0.25) is 5.91 Å². The first-order valence-corrected chi connectivity index (χ1v) is 7.37. The number of nitrogens with one attached hydrogen (secondary N) is 1. The number of nitrogens with two attached hydrogens (primary N) is 1. The molecule has 1 aliphatic heterocycles. The van der Waals surface area contributed by atoms with Crippen molar-refractivity contribution >= 4 is 17.9 Å². The average Bonchev–Trinajstić information content (AvgIpc) is 2.80. The third-order valence-electron chi connectivity index (χ3n) is 4.05. The van der Waals surface area contributed by atoms with Gasteiger partial charge in [-0.15, -0.1) is 0 Å². The van der Waals surface area contributed by atoms with Gasteiger partial charge >= 0.3 is 12.0 Å². The summed E-state index contributed by atoms with van der Waals surface area (Å²) in [5.74, 6) is -1.51. The van der Waals surface area contributed by atoms with E-state index >= 15 is 0 Å². The molecule has 1 aliphatic rings. The summed E-state index contributed by atoms with van der Waals surface area (Å²) in [4.78, 5) is 36.9. The second-order valence-electron chi connectivity index (χ2n) is 5.91. The SMILES string of the molecule is CCCC1(C(=O)O)CCCN1C(=O)C(NC(N)=O)C(C)C. The minimum atomic E-state index is -1.15. The number of carbonyl (C=O) groups excluding carboxylic acids is 2. The highest BCUT2D eigenvalue weighted by Gasteiger charge is 2.50. The van der Waals surface area contributed by atoms with Crippen LogP contribution in [0.1, 0.15) is 46.5 Å². The molecule has 2 atom stereocenters. The highest BCUT2D eigenvalue weighted by molar-refractivity contribution is 5.92. The first kappa shape index (κ1) is 17.3. The van der Waals surface area contributed by atoms with Gasteiger partial charge in [0.05, 0.1) is 0 Å². The Morgan fingerprint density at radius 2 is 2.00 bits per heavy atom. The molecule has 0 spiro atoms. The molecule has 1 saturated heterocycles. The molecule has 0 radical (unpaired) electrons. The Morgan fingerprint density at radius 1 is 1.38 bits per heavy atom. The molecule has 0 bridgehead atoms. The van der Waals surface area contributed by atoms with Crippen molar-refractivity contribution in [2.24, 2.45) is 11.7 Å². The highest BCUT2D eigenvalue weighted by atomic mass is 16.4. The Bertz CT molecular complexity index is 424. The zero-order chi connectivity index (χ0) is 16.2. The molecule has 7 nitrogen and oxygen atoms in total. The molecule has 1 heterocycles. The third kappa shape index (κ3) is 3.46. The van der Waals surface area contributed by atoms with Crippen LogP contribution in [-0.4, -0.2) is 46.0 Å². The van der Waals surface area contributed by atoms with E-state index in [4.69, 9.17) is 5.73 Å². The van der Waals surface area contributed by atoms with Crippen molar-refractivity contribution in [1.82, 2.24) is 10.2 Å². The molecule has 0 aromatic rings. The molecule has 3 amide bonds. The summed E-state index contributed by atoms with van der Waals surface area (Å²) in [6.07, 6.45) is 2.18. The maximum Gasteiger partial charge on any atom is 0.329 e. The number of amides is 3. The van der Waals surface area contributed by atoms with E-state index in [0.29, 0.717) is 32.2 Å². The van der Waals surface area contributed by atoms with Crippen molar-refractivity contribution in [2.45, 2.75) is 58.0 Å². The van der Waals surface area contributed by atoms with E-state index in [9.17, 15) is 19.5 Å². The molecular formula is C14H25N3O4. The number of primary amides is 1. The summed E-state index contributed by atoms with van der Waals surface area (Å²) in [6, 6.07) is -1.58. The standard InChI is InChI=1S/C14H25N3O4/c1-4-6-14(12(19)20)7-5-8-17(14)11(18)10(9(2)3)16-13(15)21/h9-10H,4-8H2,1-3H3,(H,19,20)(H3,15,16,21). The lowest BCUT2D eigenvalue weighted by molar-refractivity contribution is -0.158. The van der Waals surface area contributed by atoms with E-state index in [-0.39, 0.29) is 11.8 Å². The Hall–Kier alpha value is -1.79. The van der Waals surface area contributed by atoms with Crippen LogP contribution in [0, 0.1) is 5.92 Å². The molecule has 21 heavy (non-hydrogen) atoms. The van der Waals surface area contributed by atoms with Crippen LogP contribution < -0.4 is 11.1 Å². The molecular weight excluding hydrogens is 274 g/mol. The predicted molar refractivity (Wildman–Crippen MR) is 77.6 cm³/mol. The van der Waals surface area contributed by atoms with E-state index in [1.165, 1.54) is 4.90 Å². The lowest BCUT2D eigenvalue weighted by Crippen LogP contribution is -2.60. The maximum absolute atomic E-state index is 12.7. The van der Waals surface area contributed by atoms with E-state index in [2.05, 4.69) is 5.32 Å². The van der Waals surface area contributed by atoms with E-state index in [1.54, 1.807) is 13.8 Å². The molecule has 120 valence electrons. The fourth-order valence-corrected chi connectivity index (χ4v) is 3.04. The Morgan fingerprint density at radius 3 is 2.43 bits per heavy atom. The molecule has 2 unspecified atom stereocenters. The summed E-state index contributed by atoms with van der Waals surface area (Å²) in [5, 5.41) is 12.0. The number of nitrogens with zero attached hydrogens (tertiary/aromatic N) is 1. The molecule has 0 aromatic carbocycles. The molecule has 4 N–H and O–H groups in total. The molecule has 1 rings (SSSR count). The Kier molecular flexibility index (Phi) is 5.57. The van der Waals surface area contributed by atoms with Gasteiger partial charge in [-0.3, -0.25) is 4.79 Å². The first-order valence-electron chi connectivity index (χ1n) is 7.37. The van der Waals surface area contributed by atoms with Crippen LogP contribution in [0.4, 0.5) is 4.79 Å². The summed E-state index contributed by atoms with van der Waals surface area (Å²) < 4.78 is 0. The molecule has 0 saturated carbocycles. The van der Waals surface area contributed by atoms with Crippen molar-refractivity contribution in [2.75, 3.05) is 6.54 Å². The maximum atomic E-state index is 12.7. The zero-order valence-corrected chi connectivity index (χ0v) is 12.9. The lowest BCUT2D eigenvalue weighted by Gasteiger charge is -2.37. The van der Waals surface area contributed by atoms with E-state index in [1.807, 2.05) is 6.92 Å². The molecule has 0 aliphatic carbocycles. The third-order valence-corrected chi connectivity index (χ3v) is 4.05. The summed E-state index contributed by atoms with van der Waals surface area (Å²) >= 11 is 0. The van der Waals surface area contributed by atoms with E-state index in [0.717, 1.165) is 0 Å². The highest BCUT2D eigenvalue weighted by Crippen LogP contribution is 2.35. The fourth-order valence-electron chi connectivity index (χ4n) is 3.04. The topological polar surface area (TPSA) is 113 Å². The number of carbonyl (C=O) groups is 3. The predicted octanol–water partition coefficient (Wildman–Crippen LogP) is 0.925. The van der Waals surface area contributed by atoms with Gasteiger partial charge in [0.1, 0.15) is 11.6 Å². The number of hydrogen-bond acceptors (Lipinski definition) is 3. The van der Waals surface area contributed by atoms with Gasteiger partial charge < -0.3 is 21.1 Å². The minimum absolute atomic E-state index is 0.168. The second kappa shape index (κ2) is 6.78. The molecule has 1 fully saturated rings. The van der Waals surface area contributed by atoms with Crippen LogP contribution in [0.2, 0.25) is 0 Å². The van der Waals surface area contributed by atoms with Crippen molar-refractivity contribution < 1.29 is 19.5 Å². The normalized spacial score (nSPS) is 23.1. The van der Waals surface area contributed by atoms with E-state index < -0.39 is 23.6 Å². The molecule has 0 aromatic heterocycles. The van der Waals surface area contributed by atoms with Crippen LogP contribution in [-0.2, 0) is 9.59 Å². The molecule has 7 heteroatoms. The lowest BCUT2D eigenvalue weighted by atomic mass is 9.89. The van der Waals surface area contributed by atoms with Gasteiger partial charge in [0, 0.05) is 6.54 Å². The van der Waals surface area contributed by atoms with Gasteiger partial charge in [-0.2, -0.15) is 0 Å². The number of aliphatic carboxylic acids is 1. The van der Waals surface area contributed by atoms with Crippen molar-refractivity contribution in [3.05, 3.63) is 0 Å². The smallest absolute Gasteiger partial charge is 0.329 e. The number of rotatable bonds is 6. The minimum Gasteiger partial charge on any atom is -0.479 e. The number of likely N-dealkylation sites (tertiary alicyclic amines) is 1. The second-order valence-corrected chi connectivity index (χ2v) is 5.91. The van der Waals surface area contributed by atoms with Gasteiger partial charge in [0.15, 0.2) is 0 Å². The zero-order valence-electron chi connectivity index (χ0n) is 12.9. The average molecular weight is 299 g/mol. The van der Waals surface area contributed by atoms with Crippen LogP contribution >= 0.6 is 0 Å². The summed E-state index contributed by atoms with van der Waals surface area (Å²) in [5.41, 5.74) is 3.96. The van der Waals surface area contributed by atoms with Crippen molar-refractivity contribution in [3.8, 4) is 0 Å². The quantitative estimate of drug-likeness (QED) is 0.677. The Balaban J connectivity index is 3.06. The fraction of sp³-hybridized carbons (Fsp3) is 0.786. The van der Waals surface area contributed by atoms with Crippen LogP contribution in [0.25, 0.3) is 0 Å². The summed E-state index contributed by atoms with van der Waals surface area (Å²) in [6.45, 7) is 5.87. The Labute approximate surface area is 124 Å². The van der Waals surface area contributed by atoms with Crippen molar-refractivity contribution in [3.63, 3.8) is 0 Å². The van der Waals surface area contributed by atoms with Crippen LogP contribution in [0.15, 0.2) is 0 Å². The van der Waals surface area contributed by atoms with Gasteiger partial charge in [-0.1, -0.05) is 27.2 Å². The number of carboxylic acid groups (broad SMARTS) is 1. The van der Waals surface area contributed by atoms with Crippen LogP contribution in [0.3, 0.4) is 0 Å². The van der Waals surface area contributed by atoms with Gasteiger partial charge in [0.25, 0.3) is 0 Å².